The normalized spacial score (nSPS) is 10.4. The molecule has 1 N–H and O–H groups in total. The minimum atomic E-state index is -1.36. The summed E-state index contributed by atoms with van der Waals surface area (Å²) in [5, 5.41) is 13.2. The Balaban J connectivity index is 2.65. The number of benzene rings is 1. The quantitative estimate of drug-likeness (QED) is 0.345. The number of nitro groups is 1. The highest BCUT2D eigenvalue weighted by molar-refractivity contribution is 6.17. The molecular formula is C13H15ClF2N2O3. The first-order chi connectivity index (χ1) is 9.97. The second kappa shape index (κ2) is 8.51. The first kappa shape index (κ1) is 17.3. The van der Waals surface area contributed by atoms with Crippen LogP contribution in [0.2, 0.25) is 0 Å². The van der Waals surface area contributed by atoms with E-state index in [-0.39, 0.29) is 0 Å². The summed E-state index contributed by atoms with van der Waals surface area (Å²) in [4.78, 5) is 21.6. The third-order valence-corrected chi connectivity index (χ3v) is 3.09. The summed E-state index contributed by atoms with van der Waals surface area (Å²) in [6.45, 7) is 0.303. The standard InChI is InChI=1S/C13H15ClF2N2O3/c14-5-3-1-2-4-6-17-13(19)9-7-10(15)11(16)8-12(9)18(20)21/h7-8H,1-6H2,(H,17,19). The van der Waals surface area contributed by atoms with Gasteiger partial charge in [-0.3, -0.25) is 14.9 Å². The molecule has 0 aromatic heterocycles. The molecule has 21 heavy (non-hydrogen) atoms. The van der Waals surface area contributed by atoms with Crippen molar-refractivity contribution >= 4 is 23.2 Å². The second-order valence-electron chi connectivity index (χ2n) is 4.40. The molecule has 1 rings (SSSR count). The van der Waals surface area contributed by atoms with E-state index in [1.807, 2.05) is 0 Å². The predicted octanol–water partition coefficient (Wildman–Crippen LogP) is 3.40. The van der Waals surface area contributed by atoms with Gasteiger partial charge in [0.2, 0.25) is 0 Å². The molecule has 0 heterocycles. The van der Waals surface area contributed by atoms with E-state index in [1.54, 1.807) is 0 Å². The van der Waals surface area contributed by atoms with Crippen LogP contribution >= 0.6 is 11.6 Å². The highest BCUT2D eigenvalue weighted by atomic mass is 35.5. The lowest BCUT2D eigenvalue weighted by Gasteiger charge is -2.06. The van der Waals surface area contributed by atoms with Crippen molar-refractivity contribution in [3.8, 4) is 0 Å². The third-order valence-electron chi connectivity index (χ3n) is 2.83. The van der Waals surface area contributed by atoms with Crippen LogP contribution in [0.25, 0.3) is 0 Å². The van der Waals surface area contributed by atoms with Crippen molar-refractivity contribution in [3.05, 3.63) is 39.4 Å². The number of nitrogens with one attached hydrogen (secondary N) is 1. The number of nitrogens with zero attached hydrogens (tertiary/aromatic N) is 1. The molecular weight excluding hydrogens is 306 g/mol. The zero-order valence-corrected chi connectivity index (χ0v) is 12.0. The van der Waals surface area contributed by atoms with Gasteiger partial charge in [0.25, 0.3) is 11.6 Å². The van der Waals surface area contributed by atoms with Crippen molar-refractivity contribution in [1.29, 1.82) is 0 Å². The third kappa shape index (κ3) is 5.26. The molecule has 0 bridgehead atoms. The van der Waals surface area contributed by atoms with Crippen molar-refractivity contribution in [2.45, 2.75) is 25.7 Å². The monoisotopic (exact) mass is 320 g/mol. The number of halogens is 3. The van der Waals surface area contributed by atoms with Gasteiger partial charge in [0.1, 0.15) is 5.56 Å². The highest BCUT2D eigenvalue weighted by Gasteiger charge is 2.23. The van der Waals surface area contributed by atoms with E-state index >= 15 is 0 Å². The number of unbranched alkanes of at least 4 members (excludes halogenated alkanes) is 3. The van der Waals surface area contributed by atoms with Crippen LogP contribution in [0.3, 0.4) is 0 Å². The molecule has 0 atom stereocenters. The van der Waals surface area contributed by atoms with E-state index in [9.17, 15) is 23.7 Å². The minimum Gasteiger partial charge on any atom is -0.352 e. The first-order valence-electron chi connectivity index (χ1n) is 6.45. The van der Waals surface area contributed by atoms with E-state index in [0.29, 0.717) is 31.0 Å². The summed E-state index contributed by atoms with van der Waals surface area (Å²) in [5.41, 5.74) is -1.24. The molecule has 0 fully saturated rings. The summed E-state index contributed by atoms with van der Waals surface area (Å²) in [7, 11) is 0. The Labute approximate surface area is 125 Å². The van der Waals surface area contributed by atoms with Crippen LogP contribution in [0, 0.1) is 21.7 Å². The van der Waals surface area contributed by atoms with Gasteiger partial charge in [-0.2, -0.15) is 0 Å². The van der Waals surface area contributed by atoms with Crippen molar-refractivity contribution in [1.82, 2.24) is 5.32 Å². The molecule has 1 aromatic rings. The van der Waals surface area contributed by atoms with Gasteiger partial charge in [-0.25, -0.2) is 8.78 Å². The lowest BCUT2D eigenvalue weighted by Crippen LogP contribution is -2.25. The Morgan fingerprint density at radius 2 is 1.81 bits per heavy atom. The summed E-state index contributed by atoms with van der Waals surface area (Å²) in [6, 6.07) is 0.945. The van der Waals surface area contributed by atoms with Crippen molar-refractivity contribution < 1.29 is 18.5 Å². The summed E-state index contributed by atoms with van der Waals surface area (Å²) >= 11 is 5.52. The van der Waals surface area contributed by atoms with Crippen LogP contribution in [0.4, 0.5) is 14.5 Å². The number of amides is 1. The number of carbonyl (C=O) groups is 1. The first-order valence-corrected chi connectivity index (χ1v) is 6.98. The van der Waals surface area contributed by atoms with Gasteiger partial charge in [0.05, 0.1) is 11.0 Å². The van der Waals surface area contributed by atoms with Crippen LogP contribution in [-0.2, 0) is 0 Å². The Hall–Kier alpha value is -1.76. The fourth-order valence-corrected chi connectivity index (χ4v) is 1.93. The molecule has 1 amide bonds. The van der Waals surface area contributed by atoms with Gasteiger partial charge in [0.15, 0.2) is 11.6 Å². The molecule has 0 aliphatic heterocycles. The largest absolute Gasteiger partial charge is 0.352 e. The highest BCUT2D eigenvalue weighted by Crippen LogP contribution is 2.22. The zero-order valence-electron chi connectivity index (χ0n) is 11.2. The molecule has 0 unspecified atom stereocenters. The Kier molecular flexibility index (Phi) is 7.01. The van der Waals surface area contributed by atoms with Crippen LogP contribution in [0.5, 0.6) is 0 Å². The molecule has 0 aliphatic rings. The van der Waals surface area contributed by atoms with E-state index in [1.165, 1.54) is 0 Å². The minimum absolute atomic E-state index is 0.303. The zero-order chi connectivity index (χ0) is 15.8. The topological polar surface area (TPSA) is 72.2 Å². The predicted molar refractivity (Wildman–Crippen MR) is 74.5 cm³/mol. The van der Waals surface area contributed by atoms with Gasteiger partial charge >= 0.3 is 0 Å². The van der Waals surface area contributed by atoms with Gasteiger partial charge in [0, 0.05) is 12.4 Å². The lowest BCUT2D eigenvalue weighted by molar-refractivity contribution is -0.385. The average Bonchev–Trinajstić information content (AvgIpc) is 2.44. The number of nitro benzene ring substituents is 1. The Morgan fingerprint density at radius 1 is 1.19 bits per heavy atom. The molecule has 5 nitrogen and oxygen atoms in total. The van der Waals surface area contributed by atoms with Gasteiger partial charge in [-0.1, -0.05) is 12.8 Å². The van der Waals surface area contributed by atoms with Gasteiger partial charge in [-0.05, 0) is 18.9 Å². The lowest BCUT2D eigenvalue weighted by atomic mass is 10.1. The molecule has 0 saturated heterocycles. The summed E-state index contributed by atoms with van der Waals surface area (Å²) in [6.07, 6.45) is 3.34. The van der Waals surface area contributed by atoms with Crippen LogP contribution in [-0.4, -0.2) is 23.3 Å². The SMILES string of the molecule is O=C(NCCCCCCCl)c1cc(F)c(F)cc1[N+](=O)[O-]. The number of rotatable bonds is 8. The molecule has 0 radical (unpaired) electrons. The van der Waals surface area contributed by atoms with Gasteiger partial charge in [-0.15, -0.1) is 11.6 Å². The number of carbonyl (C=O) groups excluding carboxylic acids is 1. The Morgan fingerprint density at radius 3 is 2.43 bits per heavy atom. The maximum Gasteiger partial charge on any atom is 0.285 e. The van der Waals surface area contributed by atoms with Crippen molar-refractivity contribution in [2.24, 2.45) is 0 Å². The molecule has 0 aliphatic carbocycles. The smallest absolute Gasteiger partial charge is 0.285 e. The number of hydrogen-bond acceptors (Lipinski definition) is 3. The van der Waals surface area contributed by atoms with Crippen LogP contribution < -0.4 is 5.32 Å². The van der Waals surface area contributed by atoms with Crippen molar-refractivity contribution in [2.75, 3.05) is 12.4 Å². The fraction of sp³-hybridized carbons (Fsp3) is 0.462. The Bertz CT molecular complexity index is 526. The second-order valence-corrected chi connectivity index (χ2v) is 4.78. The molecule has 1 aromatic carbocycles. The van der Waals surface area contributed by atoms with E-state index in [0.717, 1.165) is 19.3 Å². The van der Waals surface area contributed by atoms with Crippen LogP contribution in [0.1, 0.15) is 36.0 Å². The van der Waals surface area contributed by atoms with E-state index in [2.05, 4.69) is 5.32 Å². The summed E-state index contributed by atoms with van der Waals surface area (Å²) < 4.78 is 26.1. The molecule has 0 spiro atoms. The molecule has 116 valence electrons. The number of alkyl halides is 1. The molecule has 8 heteroatoms. The maximum atomic E-state index is 13.1. The molecule has 0 saturated carbocycles. The van der Waals surface area contributed by atoms with E-state index in [4.69, 9.17) is 11.6 Å². The van der Waals surface area contributed by atoms with Crippen molar-refractivity contribution in [3.63, 3.8) is 0 Å². The van der Waals surface area contributed by atoms with Crippen LogP contribution in [0.15, 0.2) is 12.1 Å². The maximum absolute atomic E-state index is 13.1. The summed E-state index contributed by atoms with van der Waals surface area (Å²) in [5.74, 6) is -2.88. The van der Waals surface area contributed by atoms with Gasteiger partial charge < -0.3 is 5.32 Å². The fourth-order valence-electron chi connectivity index (χ4n) is 1.74. The average molecular weight is 321 g/mol. The number of hydrogen-bond donors (Lipinski definition) is 1. The van der Waals surface area contributed by atoms with E-state index < -0.39 is 33.7 Å².